The summed E-state index contributed by atoms with van der Waals surface area (Å²) in [7, 11) is 0. The number of aryl methyl sites for hydroxylation is 1. The lowest BCUT2D eigenvalue weighted by Crippen LogP contribution is -2.23. The second-order valence-electron chi connectivity index (χ2n) is 4.76. The summed E-state index contributed by atoms with van der Waals surface area (Å²) < 4.78 is 3.74. The SMILES string of the molecule is CCn1c2ccccc2c(=O)n1Cc1ccc(O)cc1. The van der Waals surface area contributed by atoms with E-state index < -0.39 is 0 Å². The first-order chi connectivity index (χ1) is 9.70. The maximum atomic E-state index is 12.5. The highest BCUT2D eigenvalue weighted by Crippen LogP contribution is 2.14. The van der Waals surface area contributed by atoms with E-state index in [2.05, 4.69) is 0 Å². The lowest BCUT2D eigenvalue weighted by atomic mass is 10.2. The first-order valence-corrected chi connectivity index (χ1v) is 6.67. The van der Waals surface area contributed by atoms with Crippen LogP contribution in [0.5, 0.6) is 5.75 Å². The van der Waals surface area contributed by atoms with Crippen LogP contribution >= 0.6 is 0 Å². The normalized spacial score (nSPS) is 11.1. The fraction of sp³-hybridized carbons (Fsp3) is 0.188. The Morgan fingerprint density at radius 2 is 1.70 bits per heavy atom. The van der Waals surface area contributed by atoms with Gasteiger partial charge >= 0.3 is 0 Å². The van der Waals surface area contributed by atoms with E-state index in [1.54, 1.807) is 16.8 Å². The Morgan fingerprint density at radius 1 is 1.00 bits per heavy atom. The molecule has 0 unspecified atom stereocenters. The van der Waals surface area contributed by atoms with Gasteiger partial charge in [0.1, 0.15) is 5.75 Å². The molecule has 102 valence electrons. The number of phenols is 1. The van der Waals surface area contributed by atoms with E-state index in [1.165, 1.54) is 0 Å². The average Bonchev–Trinajstić information content (AvgIpc) is 2.74. The molecule has 3 aromatic rings. The molecule has 1 aromatic heterocycles. The van der Waals surface area contributed by atoms with Gasteiger partial charge in [0.2, 0.25) is 0 Å². The zero-order valence-electron chi connectivity index (χ0n) is 11.3. The molecule has 0 aliphatic heterocycles. The standard InChI is InChI=1S/C16H16N2O2/c1-2-17-15-6-4-3-5-14(15)16(20)18(17)11-12-7-9-13(19)10-8-12/h3-10,19H,2,11H2,1H3. The van der Waals surface area contributed by atoms with Crippen LogP contribution in [-0.4, -0.2) is 14.5 Å². The number of fused-ring (bicyclic) bond motifs is 1. The summed E-state index contributed by atoms with van der Waals surface area (Å²) in [6.07, 6.45) is 0. The molecule has 0 saturated heterocycles. The molecule has 0 bridgehead atoms. The van der Waals surface area contributed by atoms with Crippen LogP contribution in [-0.2, 0) is 13.1 Å². The molecular weight excluding hydrogens is 252 g/mol. The number of benzene rings is 2. The van der Waals surface area contributed by atoms with E-state index in [9.17, 15) is 9.90 Å². The highest BCUT2D eigenvalue weighted by atomic mass is 16.3. The number of nitrogens with zero attached hydrogens (tertiary/aromatic N) is 2. The van der Waals surface area contributed by atoms with Crippen LogP contribution in [0.15, 0.2) is 53.3 Å². The van der Waals surface area contributed by atoms with Gasteiger partial charge in [-0.3, -0.25) is 9.48 Å². The van der Waals surface area contributed by atoms with Gasteiger partial charge in [0.15, 0.2) is 0 Å². The Bertz CT molecular complexity index is 797. The smallest absolute Gasteiger partial charge is 0.274 e. The Kier molecular flexibility index (Phi) is 3.06. The van der Waals surface area contributed by atoms with Gasteiger partial charge in [-0.05, 0) is 36.8 Å². The van der Waals surface area contributed by atoms with Gasteiger partial charge in [-0.2, -0.15) is 0 Å². The van der Waals surface area contributed by atoms with Crippen LogP contribution in [0.1, 0.15) is 12.5 Å². The van der Waals surface area contributed by atoms with Crippen LogP contribution in [0, 0.1) is 0 Å². The van der Waals surface area contributed by atoms with Gasteiger partial charge in [0.25, 0.3) is 5.56 Å². The molecule has 2 aromatic carbocycles. The molecule has 0 atom stereocenters. The van der Waals surface area contributed by atoms with Crippen LogP contribution in [0.4, 0.5) is 0 Å². The molecule has 4 heteroatoms. The van der Waals surface area contributed by atoms with Gasteiger partial charge < -0.3 is 5.11 Å². The lowest BCUT2D eigenvalue weighted by molar-refractivity contribution is 0.473. The van der Waals surface area contributed by atoms with Crippen molar-refractivity contribution in [1.82, 2.24) is 9.36 Å². The number of aromatic nitrogens is 2. The van der Waals surface area contributed by atoms with E-state index >= 15 is 0 Å². The fourth-order valence-corrected chi connectivity index (χ4v) is 2.53. The van der Waals surface area contributed by atoms with Crippen molar-refractivity contribution in [1.29, 1.82) is 0 Å². The summed E-state index contributed by atoms with van der Waals surface area (Å²) >= 11 is 0. The number of rotatable bonds is 3. The van der Waals surface area contributed by atoms with E-state index in [1.807, 2.05) is 48.0 Å². The van der Waals surface area contributed by atoms with E-state index in [4.69, 9.17) is 0 Å². The molecule has 0 spiro atoms. The zero-order chi connectivity index (χ0) is 14.1. The molecule has 0 fully saturated rings. The Balaban J connectivity index is 2.13. The molecule has 1 heterocycles. The summed E-state index contributed by atoms with van der Waals surface area (Å²) in [4.78, 5) is 12.5. The van der Waals surface area contributed by atoms with Crippen LogP contribution in [0.2, 0.25) is 0 Å². The molecular formula is C16H16N2O2. The molecule has 0 saturated carbocycles. The van der Waals surface area contributed by atoms with Gasteiger partial charge in [-0.1, -0.05) is 24.3 Å². The highest BCUT2D eigenvalue weighted by Gasteiger charge is 2.11. The molecule has 0 aliphatic carbocycles. The van der Waals surface area contributed by atoms with Crippen molar-refractivity contribution in [2.45, 2.75) is 20.0 Å². The average molecular weight is 268 g/mol. The van der Waals surface area contributed by atoms with Crippen molar-refractivity contribution < 1.29 is 5.11 Å². The maximum absolute atomic E-state index is 12.5. The molecule has 4 nitrogen and oxygen atoms in total. The van der Waals surface area contributed by atoms with Crippen LogP contribution in [0.3, 0.4) is 0 Å². The maximum Gasteiger partial charge on any atom is 0.274 e. The molecule has 0 aliphatic rings. The predicted octanol–water partition coefficient (Wildman–Crippen LogP) is 2.58. The molecule has 3 rings (SSSR count). The van der Waals surface area contributed by atoms with Crippen LogP contribution in [0.25, 0.3) is 10.9 Å². The summed E-state index contributed by atoms with van der Waals surface area (Å²) in [6.45, 7) is 3.27. The lowest BCUT2D eigenvalue weighted by Gasteiger charge is -2.10. The summed E-state index contributed by atoms with van der Waals surface area (Å²) in [6, 6.07) is 14.6. The Morgan fingerprint density at radius 3 is 2.40 bits per heavy atom. The minimum atomic E-state index is 0.0236. The van der Waals surface area contributed by atoms with E-state index in [0.29, 0.717) is 6.54 Å². The third-order valence-corrected chi connectivity index (χ3v) is 3.51. The number of para-hydroxylation sites is 1. The second kappa shape index (κ2) is 4.89. The molecule has 0 amide bonds. The summed E-state index contributed by atoms with van der Waals surface area (Å²) in [5.74, 6) is 0.233. The van der Waals surface area contributed by atoms with Gasteiger partial charge in [0, 0.05) is 6.54 Å². The topological polar surface area (TPSA) is 47.2 Å². The van der Waals surface area contributed by atoms with E-state index in [-0.39, 0.29) is 11.3 Å². The van der Waals surface area contributed by atoms with Crippen molar-refractivity contribution in [2.75, 3.05) is 0 Å². The number of phenolic OH excluding ortho intramolecular Hbond substituents is 1. The quantitative estimate of drug-likeness (QED) is 0.793. The summed E-state index contributed by atoms with van der Waals surface area (Å²) in [5.41, 5.74) is 1.97. The third-order valence-electron chi connectivity index (χ3n) is 3.51. The monoisotopic (exact) mass is 268 g/mol. The van der Waals surface area contributed by atoms with Gasteiger partial charge in [-0.25, -0.2) is 4.68 Å². The minimum Gasteiger partial charge on any atom is -0.508 e. The van der Waals surface area contributed by atoms with E-state index in [0.717, 1.165) is 23.0 Å². The van der Waals surface area contributed by atoms with Crippen molar-refractivity contribution in [3.63, 3.8) is 0 Å². The van der Waals surface area contributed by atoms with Crippen molar-refractivity contribution >= 4 is 10.9 Å². The first kappa shape index (κ1) is 12.5. The number of aromatic hydroxyl groups is 1. The molecule has 0 radical (unpaired) electrons. The third kappa shape index (κ3) is 1.99. The Labute approximate surface area is 116 Å². The van der Waals surface area contributed by atoms with Gasteiger partial charge in [0.05, 0.1) is 17.4 Å². The highest BCUT2D eigenvalue weighted by molar-refractivity contribution is 5.78. The second-order valence-corrected chi connectivity index (χ2v) is 4.76. The Hall–Kier alpha value is -2.49. The summed E-state index contributed by atoms with van der Waals surface area (Å²) in [5, 5.41) is 10.1. The molecule has 1 N–H and O–H groups in total. The first-order valence-electron chi connectivity index (χ1n) is 6.67. The largest absolute Gasteiger partial charge is 0.508 e. The number of hydrogen-bond acceptors (Lipinski definition) is 2. The van der Waals surface area contributed by atoms with Crippen LogP contribution < -0.4 is 5.56 Å². The molecule has 20 heavy (non-hydrogen) atoms. The van der Waals surface area contributed by atoms with Gasteiger partial charge in [-0.15, -0.1) is 0 Å². The predicted molar refractivity (Wildman–Crippen MR) is 79.1 cm³/mol. The van der Waals surface area contributed by atoms with Crippen molar-refractivity contribution in [3.8, 4) is 5.75 Å². The fourth-order valence-electron chi connectivity index (χ4n) is 2.53. The van der Waals surface area contributed by atoms with Crippen molar-refractivity contribution in [2.24, 2.45) is 0 Å². The van der Waals surface area contributed by atoms with Crippen molar-refractivity contribution in [3.05, 3.63) is 64.4 Å². The minimum absolute atomic E-state index is 0.0236. The zero-order valence-corrected chi connectivity index (χ0v) is 11.3. The number of hydrogen-bond donors (Lipinski definition) is 1.